The Morgan fingerprint density at radius 2 is 2.14 bits per heavy atom. The molecule has 0 radical (unpaired) electrons. The van der Waals surface area contributed by atoms with E-state index in [0.29, 0.717) is 6.54 Å². The quantitative estimate of drug-likeness (QED) is 0.845. The summed E-state index contributed by atoms with van der Waals surface area (Å²) in [4.78, 5) is 0.244. The molecule has 0 aliphatic rings. The van der Waals surface area contributed by atoms with Crippen molar-refractivity contribution in [3.63, 3.8) is 0 Å². The fraction of sp³-hybridized carbons (Fsp3) is 0.200. The Hall–Kier alpha value is -1.65. The number of hydrogen-bond donors (Lipinski definition) is 2. The highest BCUT2D eigenvalue weighted by Crippen LogP contribution is 2.15. The van der Waals surface area contributed by atoms with E-state index in [1.165, 1.54) is 11.3 Å². The summed E-state index contributed by atoms with van der Waals surface area (Å²) in [7, 11) is -3.51. The van der Waals surface area contributed by atoms with Gasteiger partial charge in [0.25, 0.3) is 0 Å². The minimum absolute atomic E-state index is 0.244. The summed E-state index contributed by atoms with van der Waals surface area (Å²) in [6, 6.07) is 6.78. The second-order valence-electron chi connectivity index (χ2n) is 4.44. The first-order valence-corrected chi connectivity index (χ1v) is 8.76. The van der Waals surface area contributed by atoms with Gasteiger partial charge in [-0.25, -0.2) is 13.1 Å². The van der Waals surface area contributed by atoms with Gasteiger partial charge in [0.05, 0.1) is 11.4 Å². The average Bonchev–Trinajstić information content (AvgIpc) is 2.97. The zero-order valence-corrected chi connectivity index (χ0v) is 13.2. The van der Waals surface area contributed by atoms with Crippen LogP contribution in [0.4, 0.5) is 0 Å². The molecule has 4 nitrogen and oxygen atoms in total. The van der Waals surface area contributed by atoms with Crippen LogP contribution in [0.3, 0.4) is 0 Å². The number of nitrogens with two attached hydrogens (primary N) is 1. The second-order valence-corrected chi connectivity index (χ2v) is 6.99. The Bertz CT molecular complexity index is 770. The van der Waals surface area contributed by atoms with Crippen molar-refractivity contribution >= 4 is 21.4 Å². The molecule has 0 saturated carbocycles. The van der Waals surface area contributed by atoms with Gasteiger partial charge in [0.15, 0.2) is 0 Å². The van der Waals surface area contributed by atoms with E-state index in [0.717, 1.165) is 16.7 Å². The fourth-order valence-electron chi connectivity index (χ4n) is 1.74. The Kier molecular flexibility index (Phi) is 5.15. The monoisotopic (exact) mass is 320 g/mol. The van der Waals surface area contributed by atoms with Gasteiger partial charge in [-0.3, -0.25) is 0 Å². The van der Waals surface area contributed by atoms with Crippen molar-refractivity contribution in [2.45, 2.75) is 18.4 Å². The molecule has 2 aromatic rings. The van der Waals surface area contributed by atoms with Crippen molar-refractivity contribution in [1.29, 1.82) is 0 Å². The number of thiophene rings is 1. The normalized spacial score (nSPS) is 11.0. The standard InChI is InChI=1S/C15H16N2O2S2/c1-12-9-15(5-4-14(12)3-2-7-16)21(18,19)17-10-13-6-8-20-11-13/h4-6,8-9,11,17H,7,10,16H2,1H3. The van der Waals surface area contributed by atoms with Crippen LogP contribution in [0.1, 0.15) is 16.7 Å². The first kappa shape index (κ1) is 15.7. The largest absolute Gasteiger partial charge is 0.320 e. The Balaban J connectivity index is 2.18. The van der Waals surface area contributed by atoms with Crippen LogP contribution in [-0.4, -0.2) is 15.0 Å². The number of nitrogens with one attached hydrogen (secondary N) is 1. The summed E-state index contributed by atoms with van der Waals surface area (Å²) in [5.74, 6) is 5.68. The number of aryl methyl sites for hydroxylation is 1. The van der Waals surface area contributed by atoms with E-state index in [1.54, 1.807) is 18.2 Å². The molecule has 0 saturated heterocycles. The molecule has 1 heterocycles. The molecule has 0 unspecified atom stereocenters. The van der Waals surface area contributed by atoms with Gasteiger partial charge < -0.3 is 5.73 Å². The van der Waals surface area contributed by atoms with E-state index in [-0.39, 0.29) is 11.4 Å². The minimum atomic E-state index is -3.51. The highest BCUT2D eigenvalue weighted by Gasteiger charge is 2.14. The molecule has 0 aliphatic heterocycles. The van der Waals surface area contributed by atoms with Gasteiger partial charge in [0.1, 0.15) is 0 Å². The first-order chi connectivity index (χ1) is 10.0. The molecule has 110 valence electrons. The summed E-state index contributed by atoms with van der Waals surface area (Å²) in [6.07, 6.45) is 0. The molecule has 0 atom stereocenters. The molecular formula is C15H16N2O2S2. The number of hydrogen-bond acceptors (Lipinski definition) is 4. The topological polar surface area (TPSA) is 72.2 Å². The highest BCUT2D eigenvalue weighted by molar-refractivity contribution is 7.89. The van der Waals surface area contributed by atoms with E-state index in [2.05, 4.69) is 16.6 Å². The molecule has 2 rings (SSSR count). The summed E-state index contributed by atoms with van der Waals surface area (Å²) in [6.45, 7) is 2.40. The fourth-order valence-corrected chi connectivity index (χ4v) is 3.52. The Morgan fingerprint density at radius 1 is 1.33 bits per heavy atom. The van der Waals surface area contributed by atoms with E-state index >= 15 is 0 Å². The van der Waals surface area contributed by atoms with Gasteiger partial charge in [-0.1, -0.05) is 11.8 Å². The van der Waals surface area contributed by atoms with E-state index in [4.69, 9.17) is 5.73 Å². The number of rotatable bonds is 4. The summed E-state index contributed by atoms with van der Waals surface area (Å²) in [5, 5.41) is 3.83. The molecule has 0 fully saturated rings. The summed E-state index contributed by atoms with van der Waals surface area (Å²) in [5.41, 5.74) is 7.89. The third kappa shape index (κ3) is 4.16. The van der Waals surface area contributed by atoms with Crippen LogP contribution >= 0.6 is 11.3 Å². The van der Waals surface area contributed by atoms with Crippen molar-refractivity contribution in [2.75, 3.05) is 6.54 Å². The zero-order valence-electron chi connectivity index (χ0n) is 11.6. The molecule has 0 spiro atoms. The minimum Gasteiger partial charge on any atom is -0.320 e. The van der Waals surface area contributed by atoms with Crippen molar-refractivity contribution < 1.29 is 8.42 Å². The van der Waals surface area contributed by atoms with Crippen LogP contribution in [0.5, 0.6) is 0 Å². The van der Waals surface area contributed by atoms with E-state index in [1.807, 2.05) is 23.8 Å². The Morgan fingerprint density at radius 3 is 2.76 bits per heavy atom. The average molecular weight is 320 g/mol. The Labute approximate surface area is 129 Å². The van der Waals surface area contributed by atoms with Crippen molar-refractivity contribution in [3.05, 3.63) is 51.7 Å². The number of benzene rings is 1. The molecule has 3 N–H and O–H groups in total. The van der Waals surface area contributed by atoms with Crippen LogP contribution in [0.2, 0.25) is 0 Å². The van der Waals surface area contributed by atoms with Gasteiger partial charge in [-0.2, -0.15) is 11.3 Å². The van der Waals surface area contributed by atoms with Crippen molar-refractivity contribution in [1.82, 2.24) is 4.72 Å². The van der Waals surface area contributed by atoms with Gasteiger partial charge in [-0.15, -0.1) is 0 Å². The molecular weight excluding hydrogens is 304 g/mol. The molecule has 0 bridgehead atoms. The highest BCUT2D eigenvalue weighted by atomic mass is 32.2. The summed E-state index contributed by atoms with van der Waals surface area (Å²) < 4.78 is 27.1. The lowest BCUT2D eigenvalue weighted by atomic mass is 10.1. The molecule has 1 aromatic heterocycles. The molecule has 0 aliphatic carbocycles. The molecule has 6 heteroatoms. The maximum atomic E-state index is 12.2. The van der Waals surface area contributed by atoms with Crippen LogP contribution < -0.4 is 10.5 Å². The predicted octanol–water partition coefficient (Wildman–Crippen LogP) is 1.85. The van der Waals surface area contributed by atoms with Gasteiger partial charge in [-0.05, 0) is 53.1 Å². The SMILES string of the molecule is Cc1cc(S(=O)(=O)NCc2ccsc2)ccc1C#CCN. The lowest BCUT2D eigenvalue weighted by molar-refractivity contribution is 0.581. The van der Waals surface area contributed by atoms with Crippen molar-refractivity contribution in [3.8, 4) is 11.8 Å². The third-order valence-electron chi connectivity index (χ3n) is 2.88. The molecule has 0 amide bonds. The van der Waals surface area contributed by atoms with E-state index in [9.17, 15) is 8.42 Å². The first-order valence-electron chi connectivity index (χ1n) is 6.33. The number of sulfonamides is 1. The third-order valence-corrected chi connectivity index (χ3v) is 5.01. The lowest BCUT2D eigenvalue weighted by Crippen LogP contribution is -2.23. The molecule has 1 aromatic carbocycles. The predicted molar refractivity (Wildman–Crippen MR) is 85.5 cm³/mol. The second kappa shape index (κ2) is 6.87. The maximum Gasteiger partial charge on any atom is 0.240 e. The maximum absolute atomic E-state index is 12.2. The lowest BCUT2D eigenvalue weighted by Gasteiger charge is -2.07. The zero-order chi connectivity index (χ0) is 15.3. The van der Waals surface area contributed by atoms with Gasteiger partial charge >= 0.3 is 0 Å². The van der Waals surface area contributed by atoms with Gasteiger partial charge in [0.2, 0.25) is 10.0 Å². The van der Waals surface area contributed by atoms with Crippen LogP contribution in [-0.2, 0) is 16.6 Å². The van der Waals surface area contributed by atoms with E-state index < -0.39 is 10.0 Å². The van der Waals surface area contributed by atoms with Gasteiger partial charge in [0, 0.05) is 12.1 Å². The van der Waals surface area contributed by atoms with Crippen molar-refractivity contribution in [2.24, 2.45) is 5.73 Å². The molecule has 21 heavy (non-hydrogen) atoms. The summed E-state index contributed by atoms with van der Waals surface area (Å²) >= 11 is 1.54. The van der Waals surface area contributed by atoms with Crippen LogP contribution in [0.15, 0.2) is 39.9 Å². The van der Waals surface area contributed by atoms with Crippen LogP contribution in [0.25, 0.3) is 0 Å². The van der Waals surface area contributed by atoms with Crippen LogP contribution in [0, 0.1) is 18.8 Å². The smallest absolute Gasteiger partial charge is 0.240 e.